The first-order valence-electron chi connectivity index (χ1n) is 12.1. The van der Waals surface area contributed by atoms with Crippen LogP contribution in [0.2, 0.25) is 0 Å². The van der Waals surface area contributed by atoms with E-state index in [-0.39, 0.29) is 21.7 Å². The van der Waals surface area contributed by atoms with Gasteiger partial charge in [0.15, 0.2) is 0 Å². The monoisotopic (exact) mass is 420 g/mol. The molecule has 0 saturated heterocycles. The fourth-order valence-corrected chi connectivity index (χ4v) is 4.53. The molecule has 0 radical (unpaired) electrons. The predicted molar refractivity (Wildman–Crippen MR) is 140 cm³/mol. The van der Waals surface area contributed by atoms with E-state index in [0.29, 0.717) is 5.92 Å². The molecule has 0 N–H and O–H groups in total. The summed E-state index contributed by atoms with van der Waals surface area (Å²) in [5.74, 6) is 0.472. The van der Waals surface area contributed by atoms with Crippen LogP contribution in [0.4, 0.5) is 0 Å². The summed E-state index contributed by atoms with van der Waals surface area (Å²) in [6, 6.07) is 14.3. The maximum atomic E-state index is 2.46. The molecule has 0 fully saturated rings. The zero-order valence-corrected chi connectivity index (χ0v) is 22.7. The summed E-state index contributed by atoms with van der Waals surface area (Å²) in [4.78, 5) is 0. The molecule has 0 bridgehead atoms. The summed E-state index contributed by atoms with van der Waals surface area (Å²) in [5, 5.41) is 0. The molecule has 0 aliphatic carbocycles. The molecule has 2 aromatic rings. The van der Waals surface area contributed by atoms with Crippen molar-refractivity contribution >= 4 is 0 Å². The van der Waals surface area contributed by atoms with Crippen LogP contribution in [0.5, 0.6) is 0 Å². The van der Waals surface area contributed by atoms with Crippen molar-refractivity contribution in [2.45, 2.75) is 124 Å². The highest BCUT2D eigenvalue weighted by atomic mass is 14.3. The van der Waals surface area contributed by atoms with Gasteiger partial charge in [0.05, 0.1) is 0 Å². The Hall–Kier alpha value is -1.56. The fraction of sp³-hybridized carbons (Fsp3) is 0.613. The Labute approximate surface area is 193 Å². The van der Waals surface area contributed by atoms with E-state index in [1.807, 2.05) is 0 Å². The van der Waals surface area contributed by atoms with Crippen molar-refractivity contribution in [3.05, 3.63) is 69.8 Å². The molecule has 2 aromatic carbocycles. The topological polar surface area (TPSA) is 0 Å². The van der Waals surface area contributed by atoms with E-state index in [0.717, 1.165) is 6.42 Å². The van der Waals surface area contributed by atoms with Crippen LogP contribution in [0.1, 0.15) is 129 Å². The highest BCUT2D eigenvalue weighted by Crippen LogP contribution is 2.39. The molecule has 31 heavy (non-hydrogen) atoms. The molecule has 172 valence electrons. The molecule has 0 amide bonds. The average Bonchev–Trinajstić information content (AvgIpc) is 2.58. The second-order valence-corrected chi connectivity index (χ2v) is 13.8. The Kier molecular flexibility index (Phi) is 6.98. The van der Waals surface area contributed by atoms with Crippen LogP contribution in [0.25, 0.3) is 0 Å². The van der Waals surface area contributed by atoms with Crippen LogP contribution in [-0.4, -0.2) is 0 Å². The van der Waals surface area contributed by atoms with Crippen molar-refractivity contribution in [2.24, 2.45) is 0 Å². The summed E-state index contributed by atoms with van der Waals surface area (Å²) >= 11 is 0. The number of rotatable bonds is 3. The lowest BCUT2D eigenvalue weighted by molar-refractivity contribution is 0.522. The quantitative estimate of drug-likeness (QED) is 0.464. The van der Waals surface area contributed by atoms with Crippen molar-refractivity contribution in [1.29, 1.82) is 0 Å². The summed E-state index contributed by atoms with van der Waals surface area (Å²) < 4.78 is 0. The van der Waals surface area contributed by atoms with Gasteiger partial charge < -0.3 is 0 Å². The second kappa shape index (κ2) is 8.42. The lowest BCUT2D eigenvalue weighted by atomic mass is 9.71. The highest BCUT2D eigenvalue weighted by Gasteiger charge is 2.28. The number of hydrogen-bond donors (Lipinski definition) is 0. The van der Waals surface area contributed by atoms with Crippen molar-refractivity contribution < 1.29 is 0 Å². The van der Waals surface area contributed by atoms with Gasteiger partial charge in [0, 0.05) is 0 Å². The van der Waals surface area contributed by atoms with Crippen LogP contribution in [0.15, 0.2) is 36.4 Å². The van der Waals surface area contributed by atoms with Gasteiger partial charge in [-0.1, -0.05) is 126 Å². The van der Waals surface area contributed by atoms with Gasteiger partial charge in [-0.05, 0) is 67.4 Å². The average molecular weight is 421 g/mol. The SMILES string of the molecule is CC(Cc1cccc(C(C)(C)C)c1C(C)(C)C)c1cc(C(C)(C)C)cc(C(C)(C)C)c1. The van der Waals surface area contributed by atoms with Crippen LogP contribution < -0.4 is 0 Å². The van der Waals surface area contributed by atoms with Gasteiger partial charge >= 0.3 is 0 Å². The van der Waals surface area contributed by atoms with Gasteiger partial charge in [-0.25, -0.2) is 0 Å². The maximum Gasteiger partial charge on any atom is -0.0126 e. The summed E-state index contributed by atoms with van der Waals surface area (Å²) in [7, 11) is 0. The van der Waals surface area contributed by atoms with Crippen LogP contribution in [0.3, 0.4) is 0 Å². The molecule has 0 heterocycles. The summed E-state index contributed by atoms with van der Waals surface area (Å²) in [6.07, 6.45) is 1.08. The number of benzene rings is 2. The van der Waals surface area contributed by atoms with E-state index in [1.165, 1.54) is 33.4 Å². The first-order valence-corrected chi connectivity index (χ1v) is 12.1. The van der Waals surface area contributed by atoms with Gasteiger partial charge in [-0.2, -0.15) is 0 Å². The fourth-order valence-electron chi connectivity index (χ4n) is 4.53. The lowest BCUT2D eigenvalue weighted by Crippen LogP contribution is -2.24. The standard InChI is InChI=1S/C31H48/c1-21(23-18-24(28(2,3)4)20-25(19-23)29(5,6)7)17-22-15-14-16-26(30(8,9)10)27(22)31(11,12)13/h14-16,18-21H,17H2,1-13H3. The minimum atomic E-state index is 0.128. The summed E-state index contributed by atoms with van der Waals surface area (Å²) in [5.41, 5.74) is 9.47. The van der Waals surface area contributed by atoms with E-state index in [1.54, 1.807) is 0 Å². The van der Waals surface area contributed by atoms with E-state index in [2.05, 4.69) is 126 Å². The normalized spacial score (nSPS) is 14.6. The zero-order chi connectivity index (χ0) is 24.0. The lowest BCUT2D eigenvalue weighted by Gasteiger charge is -2.33. The predicted octanol–water partition coefficient (Wildman–Crippen LogP) is 9.22. The molecule has 0 saturated carbocycles. The van der Waals surface area contributed by atoms with Gasteiger partial charge in [0.2, 0.25) is 0 Å². The smallest absolute Gasteiger partial charge is 0.0126 e. The third-order valence-electron chi connectivity index (χ3n) is 6.49. The third kappa shape index (κ3) is 6.24. The summed E-state index contributed by atoms with van der Waals surface area (Å²) in [6.45, 7) is 30.5. The second-order valence-electron chi connectivity index (χ2n) is 13.8. The molecule has 0 aromatic heterocycles. The molecule has 2 rings (SSSR count). The molecular weight excluding hydrogens is 372 g/mol. The Morgan fingerprint density at radius 1 is 0.613 bits per heavy atom. The maximum absolute atomic E-state index is 2.46. The van der Waals surface area contributed by atoms with Gasteiger partial charge in [0.1, 0.15) is 0 Å². The zero-order valence-electron chi connectivity index (χ0n) is 22.7. The van der Waals surface area contributed by atoms with Crippen LogP contribution >= 0.6 is 0 Å². The number of hydrogen-bond acceptors (Lipinski definition) is 0. The van der Waals surface area contributed by atoms with Gasteiger partial charge in [0.25, 0.3) is 0 Å². The van der Waals surface area contributed by atoms with Gasteiger partial charge in [-0.15, -0.1) is 0 Å². The molecule has 0 spiro atoms. The molecule has 1 atom stereocenters. The Balaban J connectivity index is 2.59. The highest BCUT2D eigenvalue weighted by molar-refractivity contribution is 5.45. The van der Waals surface area contributed by atoms with Gasteiger partial charge in [-0.3, -0.25) is 0 Å². The van der Waals surface area contributed by atoms with Crippen LogP contribution in [-0.2, 0) is 28.1 Å². The largest absolute Gasteiger partial charge is 0.0617 e. The van der Waals surface area contributed by atoms with Crippen molar-refractivity contribution in [3.8, 4) is 0 Å². The van der Waals surface area contributed by atoms with E-state index in [9.17, 15) is 0 Å². The van der Waals surface area contributed by atoms with E-state index < -0.39 is 0 Å². The third-order valence-corrected chi connectivity index (χ3v) is 6.49. The Morgan fingerprint density at radius 2 is 1.10 bits per heavy atom. The minimum Gasteiger partial charge on any atom is -0.0617 e. The first-order chi connectivity index (χ1) is 13.8. The van der Waals surface area contributed by atoms with Crippen molar-refractivity contribution in [2.75, 3.05) is 0 Å². The molecule has 0 aliphatic rings. The minimum absolute atomic E-state index is 0.128. The van der Waals surface area contributed by atoms with Crippen molar-refractivity contribution in [3.63, 3.8) is 0 Å². The Morgan fingerprint density at radius 3 is 1.48 bits per heavy atom. The molecule has 0 aliphatic heterocycles. The molecule has 1 unspecified atom stereocenters. The molecule has 0 nitrogen and oxygen atoms in total. The van der Waals surface area contributed by atoms with E-state index >= 15 is 0 Å². The van der Waals surface area contributed by atoms with E-state index in [4.69, 9.17) is 0 Å². The Bertz CT molecular complexity index is 867. The van der Waals surface area contributed by atoms with Crippen molar-refractivity contribution in [1.82, 2.24) is 0 Å². The first kappa shape index (κ1) is 25.7. The van der Waals surface area contributed by atoms with Crippen LogP contribution in [0, 0.1) is 0 Å². The molecular formula is C31H48. The molecule has 0 heteroatoms.